The lowest BCUT2D eigenvalue weighted by atomic mass is 9.66. The molecule has 0 spiro atoms. The van der Waals surface area contributed by atoms with Crippen LogP contribution in [0.1, 0.15) is 118 Å². The van der Waals surface area contributed by atoms with Crippen molar-refractivity contribution in [3.05, 3.63) is 154 Å². The Hall–Kier alpha value is -4.82. The van der Waals surface area contributed by atoms with E-state index in [1.54, 1.807) is 0 Å². The summed E-state index contributed by atoms with van der Waals surface area (Å²) >= 11 is 0. The Labute approximate surface area is 337 Å². The molecule has 0 aromatic heterocycles. The summed E-state index contributed by atoms with van der Waals surface area (Å²) in [6.45, 7) is 19.3. The molecule has 0 amide bonds. The molecule has 1 aliphatic rings. The Bertz CT molecular complexity index is 2310. The van der Waals surface area contributed by atoms with Crippen molar-refractivity contribution in [1.82, 2.24) is 0 Å². The minimum atomic E-state index is -0.480. The van der Waals surface area contributed by atoms with Gasteiger partial charge in [0.1, 0.15) is 11.5 Å². The van der Waals surface area contributed by atoms with Crippen LogP contribution in [0.4, 0.5) is 0 Å². The molecule has 290 valence electrons. The summed E-state index contributed by atoms with van der Waals surface area (Å²) in [4.78, 5) is 0. The number of aryl methyl sites for hydroxylation is 4. The fourth-order valence-corrected chi connectivity index (χ4v) is 8.64. The van der Waals surface area contributed by atoms with Crippen molar-refractivity contribution in [2.45, 2.75) is 106 Å². The summed E-state index contributed by atoms with van der Waals surface area (Å²) in [7, 11) is 0. The van der Waals surface area contributed by atoms with E-state index in [4.69, 9.17) is 9.47 Å². The van der Waals surface area contributed by atoms with Gasteiger partial charge in [-0.1, -0.05) is 157 Å². The van der Waals surface area contributed by atoms with Gasteiger partial charge in [0.25, 0.3) is 0 Å². The molecule has 2 heteroatoms. The first-order valence-electron chi connectivity index (χ1n) is 21.4. The fourth-order valence-electron chi connectivity index (χ4n) is 8.64. The van der Waals surface area contributed by atoms with E-state index in [0.29, 0.717) is 25.0 Å². The second kappa shape index (κ2) is 17.1. The van der Waals surface area contributed by atoms with Crippen LogP contribution >= 0.6 is 0 Å². The number of ether oxygens (including phenoxy) is 2. The van der Waals surface area contributed by atoms with Crippen LogP contribution in [0.15, 0.2) is 109 Å². The lowest BCUT2D eigenvalue weighted by Gasteiger charge is -2.35. The predicted octanol–water partition coefficient (Wildman–Crippen LogP) is 14.8. The van der Waals surface area contributed by atoms with Crippen molar-refractivity contribution < 1.29 is 9.47 Å². The number of hydrogen-bond donors (Lipinski definition) is 0. The van der Waals surface area contributed by atoms with Gasteiger partial charge in [0.05, 0.1) is 18.6 Å². The SMILES string of the molecule is CCCCCCc1cccc(C2(c3cccc(C)c3)c3cc(C)ccc3-c3ccc(-c4cc(OCC(C)CC)c5cc(C)cc(OCC(C)CC)c5c4)cc32)c1. The van der Waals surface area contributed by atoms with Crippen LogP contribution in [0, 0.1) is 32.6 Å². The summed E-state index contributed by atoms with van der Waals surface area (Å²) in [6.07, 6.45) is 8.29. The van der Waals surface area contributed by atoms with Crippen LogP contribution in [0.25, 0.3) is 33.0 Å². The molecule has 0 aliphatic heterocycles. The zero-order chi connectivity index (χ0) is 39.4. The lowest BCUT2D eigenvalue weighted by molar-refractivity contribution is 0.257. The molecule has 7 rings (SSSR count). The molecule has 0 N–H and O–H groups in total. The number of benzene rings is 6. The summed E-state index contributed by atoms with van der Waals surface area (Å²) in [6, 6.07) is 42.1. The average molecular weight is 743 g/mol. The highest BCUT2D eigenvalue weighted by Gasteiger charge is 2.46. The molecule has 0 heterocycles. The van der Waals surface area contributed by atoms with E-state index in [0.717, 1.165) is 47.1 Å². The highest BCUT2D eigenvalue weighted by molar-refractivity contribution is 5.98. The van der Waals surface area contributed by atoms with Gasteiger partial charge in [0.2, 0.25) is 0 Å². The standard InChI is InChI=1S/C54H62O2/c1-9-12-13-14-18-41-19-16-21-45(30-41)54(44-20-15-17-38(6)26-44)50-28-39(7)22-24-46(50)47-25-23-42(32-51(47)54)43-31-49-48(53(33-43)56-35-37(5)11-3)27-40(8)29-52(49)55-34-36(4)10-2/h15-17,19-33,36-37H,9-14,18,34-35H2,1-8H3. The fraction of sp³-hybridized carbons (Fsp3) is 0.370. The van der Waals surface area contributed by atoms with Gasteiger partial charge in [-0.05, 0) is 131 Å². The quantitative estimate of drug-likeness (QED) is 0.0918. The highest BCUT2D eigenvalue weighted by atomic mass is 16.5. The number of hydrogen-bond acceptors (Lipinski definition) is 2. The molecule has 0 fully saturated rings. The van der Waals surface area contributed by atoms with E-state index in [2.05, 4.69) is 165 Å². The van der Waals surface area contributed by atoms with E-state index < -0.39 is 5.41 Å². The van der Waals surface area contributed by atoms with Crippen molar-refractivity contribution in [2.75, 3.05) is 13.2 Å². The van der Waals surface area contributed by atoms with Crippen molar-refractivity contribution in [2.24, 2.45) is 11.8 Å². The normalized spacial score (nSPS) is 15.7. The van der Waals surface area contributed by atoms with Crippen molar-refractivity contribution in [3.63, 3.8) is 0 Å². The van der Waals surface area contributed by atoms with Gasteiger partial charge < -0.3 is 9.47 Å². The lowest BCUT2D eigenvalue weighted by Crippen LogP contribution is -2.29. The third kappa shape index (κ3) is 7.77. The number of fused-ring (bicyclic) bond motifs is 4. The molecule has 3 atom stereocenters. The van der Waals surface area contributed by atoms with Gasteiger partial charge in [-0.3, -0.25) is 0 Å². The van der Waals surface area contributed by atoms with Gasteiger partial charge in [0.15, 0.2) is 0 Å². The maximum Gasteiger partial charge on any atom is 0.127 e. The van der Waals surface area contributed by atoms with Crippen molar-refractivity contribution >= 4 is 10.8 Å². The van der Waals surface area contributed by atoms with E-state index in [9.17, 15) is 0 Å². The largest absolute Gasteiger partial charge is 0.493 e. The maximum atomic E-state index is 6.75. The molecule has 0 saturated carbocycles. The molecule has 0 saturated heterocycles. The molecular weight excluding hydrogens is 681 g/mol. The molecule has 6 aromatic carbocycles. The minimum absolute atomic E-state index is 0.457. The zero-order valence-corrected chi connectivity index (χ0v) is 35.2. The van der Waals surface area contributed by atoms with Gasteiger partial charge in [-0.2, -0.15) is 0 Å². The first-order chi connectivity index (χ1) is 27.2. The third-order valence-corrected chi connectivity index (χ3v) is 12.3. The van der Waals surface area contributed by atoms with E-state index in [-0.39, 0.29) is 0 Å². The Morgan fingerprint density at radius 1 is 0.518 bits per heavy atom. The summed E-state index contributed by atoms with van der Waals surface area (Å²) in [5.41, 5.74) is 15.0. The predicted molar refractivity (Wildman–Crippen MR) is 239 cm³/mol. The first kappa shape index (κ1) is 39.4. The zero-order valence-electron chi connectivity index (χ0n) is 35.2. The minimum Gasteiger partial charge on any atom is -0.493 e. The second-order valence-corrected chi connectivity index (χ2v) is 16.9. The monoisotopic (exact) mass is 742 g/mol. The first-order valence-corrected chi connectivity index (χ1v) is 21.4. The van der Waals surface area contributed by atoms with Gasteiger partial charge in [-0.15, -0.1) is 0 Å². The molecule has 3 unspecified atom stereocenters. The number of rotatable bonds is 16. The summed E-state index contributed by atoms with van der Waals surface area (Å²) in [5, 5.41) is 2.22. The van der Waals surface area contributed by atoms with Crippen molar-refractivity contribution in [1.29, 1.82) is 0 Å². The van der Waals surface area contributed by atoms with E-state index in [1.807, 2.05) is 0 Å². The van der Waals surface area contributed by atoms with Gasteiger partial charge in [-0.25, -0.2) is 0 Å². The molecule has 1 aliphatic carbocycles. The molecule has 6 aromatic rings. The highest BCUT2D eigenvalue weighted by Crippen LogP contribution is 2.57. The second-order valence-electron chi connectivity index (χ2n) is 16.9. The van der Waals surface area contributed by atoms with Crippen LogP contribution in [0.5, 0.6) is 11.5 Å². The van der Waals surface area contributed by atoms with E-state index >= 15 is 0 Å². The topological polar surface area (TPSA) is 18.5 Å². The Morgan fingerprint density at radius 3 is 1.84 bits per heavy atom. The summed E-state index contributed by atoms with van der Waals surface area (Å²) < 4.78 is 13.4. The van der Waals surface area contributed by atoms with Gasteiger partial charge >= 0.3 is 0 Å². The summed E-state index contributed by atoms with van der Waals surface area (Å²) in [5.74, 6) is 2.79. The van der Waals surface area contributed by atoms with Crippen LogP contribution in [0.3, 0.4) is 0 Å². The van der Waals surface area contributed by atoms with Gasteiger partial charge in [0, 0.05) is 10.8 Å². The van der Waals surface area contributed by atoms with Crippen LogP contribution in [0.2, 0.25) is 0 Å². The Kier molecular flexibility index (Phi) is 12.1. The van der Waals surface area contributed by atoms with Crippen LogP contribution < -0.4 is 9.47 Å². The molecule has 0 bridgehead atoms. The van der Waals surface area contributed by atoms with Crippen molar-refractivity contribution in [3.8, 4) is 33.8 Å². The van der Waals surface area contributed by atoms with Crippen LogP contribution in [-0.4, -0.2) is 13.2 Å². The smallest absolute Gasteiger partial charge is 0.127 e. The van der Waals surface area contributed by atoms with E-state index in [1.165, 1.54) is 86.9 Å². The Morgan fingerprint density at radius 2 is 1.14 bits per heavy atom. The average Bonchev–Trinajstić information content (AvgIpc) is 3.49. The molecule has 56 heavy (non-hydrogen) atoms. The maximum absolute atomic E-state index is 6.75. The third-order valence-electron chi connectivity index (χ3n) is 12.3. The van der Waals surface area contributed by atoms with Crippen LogP contribution in [-0.2, 0) is 11.8 Å². The molecular formula is C54H62O2. The number of unbranched alkanes of at least 4 members (excludes halogenated alkanes) is 3. The molecule has 0 radical (unpaired) electrons. The Balaban J connectivity index is 1.47. The molecule has 2 nitrogen and oxygen atoms in total.